The van der Waals surface area contributed by atoms with E-state index in [0.29, 0.717) is 35.4 Å². The number of carbonyl (C=O) groups excluding carboxylic acids is 2. The average molecular weight is 605 g/mol. The zero-order chi connectivity index (χ0) is 28.8. The molecule has 14 heteroatoms. The van der Waals surface area contributed by atoms with Gasteiger partial charge in [-0.05, 0) is 53.9 Å². The molecule has 3 N–H and O–H groups in total. The molecule has 2 amide bonds. The smallest absolute Gasteiger partial charge is 0.326 e. The number of hydrogen-bond acceptors (Lipinski definition) is 7. The van der Waals surface area contributed by atoms with Crippen LogP contribution in [0.25, 0.3) is 11.0 Å². The number of sulfone groups is 1. The summed E-state index contributed by atoms with van der Waals surface area (Å²) in [6.45, 7) is 0.535. The molecule has 5 rings (SSSR count). The Kier molecular flexibility index (Phi) is 7.34. The molecular formula is C26H22Cl2N4O7S. The summed E-state index contributed by atoms with van der Waals surface area (Å²) in [5.41, 5.74) is 2.21. The molecule has 1 aliphatic heterocycles. The third kappa shape index (κ3) is 5.42. The highest BCUT2D eigenvalue weighted by atomic mass is 35.5. The number of carboxylic acids is 1. The van der Waals surface area contributed by atoms with Gasteiger partial charge in [-0.1, -0.05) is 23.2 Å². The van der Waals surface area contributed by atoms with Gasteiger partial charge in [0.15, 0.2) is 0 Å². The molecule has 0 saturated carbocycles. The van der Waals surface area contributed by atoms with Gasteiger partial charge in [0, 0.05) is 37.3 Å². The highest BCUT2D eigenvalue weighted by molar-refractivity contribution is 7.90. The van der Waals surface area contributed by atoms with E-state index in [4.69, 9.17) is 27.6 Å². The van der Waals surface area contributed by atoms with Crippen LogP contribution in [-0.4, -0.2) is 65.0 Å². The van der Waals surface area contributed by atoms with Gasteiger partial charge >= 0.3 is 5.97 Å². The maximum absolute atomic E-state index is 13.2. The Balaban J connectivity index is 1.34. The van der Waals surface area contributed by atoms with Gasteiger partial charge in [-0.2, -0.15) is 0 Å². The van der Waals surface area contributed by atoms with Gasteiger partial charge in [0.25, 0.3) is 11.8 Å². The minimum Gasteiger partial charge on any atom is -0.480 e. The minimum atomic E-state index is -3.62. The fraction of sp³-hybridized carbons (Fsp3) is 0.231. The van der Waals surface area contributed by atoms with E-state index in [1.54, 1.807) is 29.3 Å². The summed E-state index contributed by atoms with van der Waals surface area (Å²) in [5, 5.41) is 12.6. The summed E-state index contributed by atoms with van der Waals surface area (Å²) < 4.78 is 28.5. The van der Waals surface area contributed by atoms with E-state index in [2.05, 4.69) is 15.3 Å². The Labute approximate surface area is 238 Å². The second-order valence-electron chi connectivity index (χ2n) is 9.35. The van der Waals surface area contributed by atoms with Crippen molar-refractivity contribution in [1.82, 2.24) is 20.2 Å². The molecule has 0 radical (unpaired) electrons. The van der Waals surface area contributed by atoms with E-state index < -0.39 is 27.8 Å². The molecule has 0 saturated heterocycles. The van der Waals surface area contributed by atoms with Crippen molar-refractivity contribution in [2.45, 2.75) is 30.5 Å². The number of nitrogens with zero attached hydrogens (tertiary/aromatic N) is 2. The summed E-state index contributed by atoms with van der Waals surface area (Å²) >= 11 is 13.0. The molecule has 0 unspecified atom stereocenters. The number of amides is 2. The molecule has 1 aromatic carbocycles. The van der Waals surface area contributed by atoms with Gasteiger partial charge in [0.1, 0.15) is 23.1 Å². The molecule has 40 heavy (non-hydrogen) atoms. The third-order valence-corrected chi connectivity index (χ3v) is 8.22. The molecule has 3 aromatic heterocycles. The number of furan rings is 1. The Morgan fingerprint density at radius 3 is 2.67 bits per heavy atom. The lowest BCUT2D eigenvalue weighted by molar-refractivity contribution is -0.139. The van der Waals surface area contributed by atoms with Crippen LogP contribution in [0.15, 0.2) is 52.1 Å². The number of fused-ring (bicyclic) bond motifs is 2. The Morgan fingerprint density at radius 2 is 2.00 bits per heavy atom. The van der Waals surface area contributed by atoms with E-state index >= 15 is 0 Å². The highest BCUT2D eigenvalue weighted by Gasteiger charge is 2.30. The maximum atomic E-state index is 13.2. The van der Waals surface area contributed by atoms with Crippen molar-refractivity contribution in [2.24, 2.45) is 0 Å². The second kappa shape index (κ2) is 10.6. The quantitative estimate of drug-likeness (QED) is 0.288. The third-order valence-electron chi connectivity index (χ3n) is 6.55. The fourth-order valence-corrected chi connectivity index (χ4v) is 5.91. The molecular weight excluding hydrogens is 583 g/mol. The van der Waals surface area contributed by atoms with Crippen LogP contribution >= 0.6 is 23.2 Å². The van der Waals surface area contributed by atoms with Gasteiger partial charge in [-0.3, -0.25) is 9.59 Å². The van der Waals surface area contributed by atoms with E-state index in [1.165, 1.54) is 12.1 Å². The fourth-order valence-electron chi connectivity index (χ4n) is 4.58. The number of nitrogens with one attached hydrogen (secondary N) is 2. The first kappa shape index (κ1) is 27.7. The van der Waals surface area contributed by atoms with Gasteiger partial charge in [-0.25, -0.2) is 18.2 Å². The number of aromatic nitrogens is 2. The molecule has 4 heterocycles. The molecule has 11 nitrogen and oxygen atoms in total. The molecule has 0 spiro atoms. The van der Waals surface area contributed by atoms with Crippen LogP contribution in [0.2, 0.25) is 10.0 Å². The first-order valence-electron chi connectivity index (χ1n) is 12.0. The van der Waals surface area contributed by atoms with Crippen LogP contribution in [0.4, 0.5) is 0 Å². The Hall–Kier alpha value is -3.87. The second-order valence-corrected chi connectivity index (χ2v) is 12.1. The van der Waals surface area contributed by atoms with Crippen LogP contribution in [0.3, 0.4) is 0 Å². The zero-order valence-electron chi connectivity index (χ0n) is 20.9. The first-order chi connectivity index (χ1) is 18.9. The van der Waals surface area contributed by atoms with Crippen molar-refractivity contribution in [3.63, 3.8) is 0 Å². The molecule has 4 aromatic rings. The van der Waals surface area contributed by atoms with Gasteiger partial charge < -0.3 is 24.7 Å². The van der Waals surface area contributed by atoms with E-state index in [0.717, 1.165) is 11.6 Å². The van der Waals surface area contributed by atoms with Crippen LogP contribution in [0, 0.1) is 0 Å². The number of aromatic amines is 1. The largest absolute Gasteiger partial charge is 0.480 e. The molecule has 0 aliphatic carbocycles. The van der Waals surface area contributed by atoms with Crippen molar-refractivity contribution >= 4 is 61.9 Å². The number of halogens is 2. The summed E-state index contributed by atoms with van der Waals surface area (Å²) in [4.78, 5) is 47.0. The van der Waals surface area contributed by atoms with Crippen molar-refractivity contribution in [3.05, 3.63) is 80.8 Å². The van der Waals surface area contributed by atoms with Crippen molar-refractivity contribution in [3.8, 4) is 0 Å². The number of carbonyl (C=O) groups is 3. The van der Waals surface area contributed by atoms with Crippen molar-refractivity contribution < 1.29 is 32.3 Å². The van der Waals surface area contributed by atoms with Gasteiger partial charge in [-0.15, -0.1) is 0 Å². The van der Waals surface area contributed by atoms with Gasteiger partial charge in [0.2, 0.25) is 14.9 Å². The Morgan fingerprint density at radius 1 is 1.23 bits per heavy atom. The van der Waals surface area contributed by atoms with E-state index in [1.807, 2.05) is 6.07 Å². The zero-order valence-corrected chi connectivity index (χ0v) is 23.2. The molecule has 1 aliphatic rings. The predicted octanol–water partition coefficient (Wildman–Crippen LogP) is 3.49. The normalized spacial score (nSPS) is 14.1. The average Bonchev–Trinajstić information content (AvgIpc) is 3.55. The monoisotopic (exact) mass is 604 g/mol. The first-order valence-corrected chi connectivity index (χ1v) is 14.6. The Bertz CT molecular complexity index is 1750. The molecule has 1 atom stereocenters. The number of aliphatic carboxylic acids is 1. The maximum Gasteiger partial charge on any atom is 0.326 e. The number of carboxylic acid groups (broad SMARTS) is 1. The topological polar surface area (TPSA) is 163 Å². The summed E-state index contributed by atoms with van der Waals surface area (Å²) in [6.07, 6.45) is 2.63. The van der Waals surface area contributed by atoms with Crippen LogP contribution in [0.1, 0.15) is 37.7 Å². The number of benzene rings is 1. The number of rotatable bonds is 7. The lowest BCUT2D eigenvalue weighted by Gasteiger charge is -2.30. The summed E-state index contributed by atoms with van der Waals surface area (Å²) in [6, 6.07) is 8.01. The van der Waals surface area contributed by atoms with Gasteiger partial charge in [0.05, 0.1) is 15.6 Å². The number of hydrogen-bond donors (Lipinski definition) is 3. The van der Waals surface area contributed by atoms with Crippen LogP contribution in [-0.2, 0) is 34.0 Å². The molecule has 0 fully saturated rings. The standard InChI is InChI=1S/C26H22Cl2N4O7S/c1-40(37,38)20-5-4-15(39-20)11-19(26(35)36)31-24(33)21-17(27)9-14-12-32(8-6-16(14)22(21)28)25(34)18-10-13-3-2-7-29-23(13)30-18/h2-5,7,9-10,19H,6,8,11-12H2,1H3,(H,29,30)(H,31,33)(H,35,36)/t19-/m0/s1. The lowest BCUT2D eigenvalue weighted by Crippen LogP contribution is -2.42. The van der Waals surface area contributed by atoms with Crippen molar-refractivity contribution in [2.75, 3.05) is 12.8 Å². The minimum absolute atomic E-state index is 0.00754. The molecule has 0 bridgehead atoms. The summed E-state index contributed by atoms with van der Waals surface area (Å²) in [7, 11) is -3.62. The van der Waals surface area contributed by atoms with Crippen LogP contribution < -0.4 is 5.32 Å². The number of pyridine rings is 1. The SMILES string of the molecule is CS(=O)(=O)c1ccc(C[C@H](NC(=O)c2c(Cl)cc3c(c2Cl)CCN(C(=O)c2cc4cccnc4[nH]2)C3)C(=O)O)o1. The van der Waals surface area contributed by atoms with E-state index in [-0.39, 0.29) is 45.3 Å². The number of H-pyrrole nitrogens is 1. The molecule has 208 valence electrons. The summed E-state index contributed by atoms with van der Waals surface area (Å²) in [5.74, 6) is -2.34. The van der Waals surface area contributed by atoms with Crippen molar-refractivity contribution in [1.29, 1.82) is 0 Å². The lowest BCUT2D eigenvalue weighted by atomic mass is 9.96. The van der Waals surface area contributed by atoms with E-state index in [9.17, 15) is 27.9 Å². The predicted molar refractivity (Wildman–Crippen MR) is 145 cm³/mol. The van der Waals surface area contributed by atoms with Crippen LogP contribution in [0.5, 0.6) is 0 Å². The highest BCUT2D eigenvalue weighted by Crippen LogP contribution is 2.35.